The van der Waals surface area contributed by atoms with Crippen molar-refractivity contribution in [3.8, 4) is 0 Å². The van der Waals surface area contributed by atoms with Gasteiger partial charge in [0.2, 0.25) is 0 Å². The minimum Gasteiger partial charge on any atom is -0.481 e. The lowest BCUT2D eigenvalue weighted by atomic mass is 10.2. The number of thiophene rings is 1. The number of carbonyl (C=O) groups excluding carboxylic acids is 1. The molecule has 2 aromatic rings. The number of amides is 1. The standard InChI is InChI=1S/C17H19NO3S/c1-13-9-11-22-16(13)17(21)18(10-5-8-15(19)20)12-14-6-3-2-4-7-14/h2-4,6-7,9,11H,5,8,10,12H2,1H3,(H,19,20). The molecule has 0 fully saturated rings. The van der Waals surface area contributed by atoms with Crippen LogP contribution in [-0.2, 0) is 11.3 Å². The molecule has 116 valence electrons. The van der Waals surface area contributed by atoms with E-state index in [-0.39, 0.29) is 12.3 Å². The molecule has 4 nitrogen and oxygen atoms in total. The zero-order chi connectivity index (χ0) is 15.9. The fraction of sp³-hybridized carbons (Fsp3) is 0.294. The van der Waals surface area contributed by atoms with E-state index in [1.54, 1.807) is 4.90 Å². The summed E-state index contributed by atoms with van der Waals surface area (Å²) in [7, 11) is 0. The molecular formula is C17H19NO3S. The third-order valence-electron chi connectivity index (χ3n) is 3.38. The van der Waals surface area contributed by atoms with Crippen LogP contribution in [0.15, 0.2) is 41.8 Å². The average molecular weight is 317 g/mol. The van der Waals surface area contributed by atoms with E-state index in [1.807, 2.05) is 48.7 Å². The molecule has 22 heavy (non-hydrogen) atoms. The molecule has 0 spiro atoms. The molecule has 1 N–H and O–H groups in total. The Morgan fingerprint density at radius 2 is 1.91 bits per heavy atom. The lowest BCUT2D eigenvalue weighted by Gasteiger charge is -2.22. The van der Waals surface area contributed by atoms with Crippen LogP contribution in [0.4, 0.5) is 0 Å². The van der Waals surface area contributed by atoms with Gasteiger partial charge in [-0.1, -0.05) is 30.3 Å². The molecule has 1 aromatic carbocycles. The second kappa shape index (κ2) is 7.75. The Morgan fingerprint density at radius 3 is 2.50 bits per heavy atom. The zero-order valence-electron chi connectivity index (χ0n) is 12.5. The van der Waals surface area contributed by atoms with Crippen molar-refractivity contribution in [2.24, 2.45) is 0 Å². The molecule has 1 amide bonds. The topological polar surface area (TPSA) is 57.6 Å². The van der Waals surface area contributed by atoms with Crippen molar-refractivity contribution in [3.63, 3.8) is 0 Å². The Morgan fingerprint density at radius 1 is 1.18 bits per heavy atom. The maximum atomic E-state index is 12.7. The summed E-state index contributed by atoms with van der Waals surface area (Å²) in [5.41, 5.74) is 2.01. The van der Waals surface area contributed by atoms with Crippen molar-refractivity contribution in [1.29, 1.82) is 0 Å². The van der Waals surface area contributed by atoms with E-state index < -0.39 is 5.97 Å². The van der Waals surface area contributed by atoms with Crippen LogP contribution in [0.3, 0.4) is 0 Å². The van der Waals surface area contributed by atoms with Gasteiger partial charge in [-0.15, -0.1) is 11.3 Å². The van der Waals surface area contributed by atoms with Crippen molar-refractivity contribution in [2.45, 2.75) is 26.3 Å². The number of nitrogens with zero attached hydrogens (tertiary/aromatic N) is 1. The van der Waals surface area contributed by atoms with Crippen molar-refractivity contribution in [3.05, 3.63) is 57.8 Å². The molecular weight excluding hydrogens is 298 g/mol. The van der Waals surface area contributed by atoms with Gasteiger partial charge in [0.15, 0.2) is 0 Å². The Bertz CT molecular complexity index is 636. The molecule has 0 atom stereocenters. The number of benzene rings is 1. The predicted molar refractivity (Wildman–Crippen MR) is 87.1 cm³/mol. The second-order valence-electron chi connectivity index (χ2n) is 5.14. The number of hydrogen-bond donors (Lipinski definition) is 1. The van der Waals surface area contributed by atoms with Crippen LogP contribution < -0.4 is 0 Å². The number of carboxylic acid groups (broad SMARTS) is 1. The van der Waals surface area contributed by atoms with Crippen LogP contribution >= 0.6 is 11.3 Å². The molecule has 0 saturated carbocycles. The summed E-state index contributed by atoms with van der Waals surface area (Å²) in [5.74, 6) is -0.860. The van der Waals surface area contributed by atoms with Gasteiger partial charge in [0, 0.05) is 19.5 Å². The van der Waals surface area contributed by atoms with E-state index in [1.165, 1.54) is 11.3 Å². The monoisotopic (exact) mass is 317 g/mol. The normalized spacial score (nSPS) is 10.4. The maximum Gasteiger partial charge on any atom is 0.303 e. The van der Waals surface area contributed by atoms with E-state index in [4.69, 9.17) is 5.11 Å². The van der Waals surface area contributed by atoms with Crippen LogP contribution in [-0.4, -0.2) is 28.4 Å². The van der Waals surface area contributed by atoms with Crippen molar-refractivity contribution < 1.29 is 14.7 Å². The number of hydrogen-bond acceptors (Lipinski definition) is 3. The van der Waals surface area contributed by atoms with E-state index in [0.29, 0.717) is 19.5 Å². The summed E-state index contributed by atoms with van der Waals surface area (Å²) < 4.78 is 0. The van der Waals surface area contributed by atoms with Crippen LogP contribution in [0.25, 0.3) is 0 Å². The molecule has 0 aliphatic rings. The molecule has 2 rings (SSSR count). The van der Waals surface area contributed by atoms with Crippen molar-refractivity contribution >= 4 is 23.2 Å². The van der Waals surface area contributed by atoms with Gasteiger partial charge in [-0.2, -0.15) is 0 Å². The fourth-order valence-electron chi connectivity index (χ4n) is 2.21. The van der Waals surface area contributed by atoms with Crippen LogP contribution in [0.5, 0.6) is 0 Å². The van der Waals surface area contributed by atoms with Gasteiger partial charge in [-0.25, -0.2) is 0 Å². The van der Waals surface area contributed by atoms with Crippen LogP contribution in [0.1, 0.15) is 33.6 Å². The molecule has 1 aromatic heterocycles. The van der Waals surface area contributed by atoms with Crippen LogP contribution in [0, 0.1) is 6.92 Å². The van der Waals surface area contributed by atoms with Gasteiger partial charge >= 0.3 is 5.97 Å². The summed E-state index contributed by atoms with van der Waals surface area (Å²) in [6.45, 7) is 2.86. The third-order valence-corrected chi connectivity index (χ3v) is 4.38. The number of rotatable bonds is 7. The first-order valence-corrected chi connectivity index (χ1v) is 8.05. The van der Waals surface area contributed by atoms with Gasteiger partial charge in [-0.3, -0.25) is 9.59 Å². The number of aryl methyl sites for hydroxylation is 1. The van der Waals surface area contributed by atoms with Gasteiger partial charge in [-0.05, 0) is 35.9 Å². The number of carboxylic acids is 1. The maximum absolute atomic E-state index is 12.7. The molecule has 5 heteroatoms. The smallest absolute Gasteiger partial charge is 0.303 e. The SMILES string of the molecule is Cc1ccsc1C(=O)N(CCCC(=O)O)Cc1ccccc1. The highest BCUT2D eigenvalue weighted by Gasteiger charge is 2.19. The number of aliphatic carboxylic acids is 1. The predicted octanol–water partition coefficient (Wildman–Crippen LogP) is 3.56. The van der Waals surface area contributed by atoms with E-state index in [0.717, 1.165) is 16.0 Å². The first-order valence-electron chi connectivity index (χ1n) is 7.17. The molecule has 0 aliphatic carbocycles. The lowest BCUT2D eigenvalue weighted by molar-refractivity contribution is -0.137. The van der Waals surface area contributed by atoms with Gasteiger partial charge in [0.05, 0.1) is 4.88 Å². The molecule has 0 unspecified atom stereocenters. The van der Waals surface area contributed by atoms with Gasteiger partial charge < -0.3 is 10.0 Å². The highest BCUT2D eigenvalue weighted by atomic mass is 32.1. The van der Waals surface area contributed by atoms with Gasteiger partial charge in [0.25, 0.3) is 5.91 Å². The summed E-state index contributed by atoms with van der Waals surface area (Å²) in [6, 6.07) is 11.7. The second-order valence-corrected chi connectivity index (χ2v) is 6.06. The molecule has 0 saturated heterocycles. The minimum atomic E-state index is -0.834. The summed E-state index contributed by atoms with van der Waals surface area (Å²) in [4.78, 5) is 25.8. The Labute approximate surface area is 134 Å². The molecule has 0 bridgehead atoms. The third kappa shape index (κ3) is 4.43. The minimum absolute atomic E-state index is 0.0262. The van der Waals surface area contributed by atoms with Crippen molar-refractivity contribution in [2.75, 3.05) is 6.54 Å². The van der Waals surface area contributed by atoms with E-state index in [2.05, 4.69) is 0 Å². The summed E-state index contributed by atoms with van der Waals surface area (Å²) in [6.07, 6.45) is 0.528. The Hall–Kier alpha value is -2.14. The summed E-state index contributed by atoms with van der Waals surface area (Å²) in [5, 5.41) is 10.7. The highest BCUT2D eigenvalue weighted by Crippen LogP contribution is 2.19. The largest absolute Gasteiger partial charge is 0.481 e. The average Bonchev–Trinajstić information content (AvgIpc) is 2.92. The fourth-order valence-corrected chi connectivity index (χ4v) is 3.10. The Balaban J connectivity index is 2.12. The first kappa shape index (κ1) is 16.2. The van der Waals surface area contributed by atoms with Crippen molar-refractivity contribution in [1.82, 2.24) is 4.90 Å². The zero-order valence-corrected chi connectivity index (χ0v) is 13.3. The summed E-state index contributed by atoms with van der Waals surface area (Å²) >= 11 is 1.43. The highest BCUT2D eigenvalue weighted by molar-refractivity contribution is 7.12. The quantitative estimate of drug-likeness (QED) is 0.849. The lowest BCUT2D eigenvalue weighted by Crippen LogP contribution is -2.31. The Kier molecular flexibility index (Phi) is 5.72. The number of carbonyl (C=O) groups is 2. The van der Waals surface area contributed by atoms with E-state index in [9.17, 15) is 9.59 Å². The van der Waals surface area contributed by atoms with Crippen LogP contribution in [0.2, 0.25) is 0 Å². The van der Waals surface area contributed by atoms with E-state index >= 15 is 0 Å². The molecule has 1 heterocycles. The van der Waals surface area contributed by atoms with Gasteiger partial charge in [0.1, 0.15) is 0 Å². The molecule has 0 aliphatic heterocycles. The molecule has 0 radical (unpaired) electrons. The first-order chi connectivity index (χ1) is 10.6.